The lowest BCUT2D eigenvalue weighted by molar-refractivity contribution is -0.138. The maximum absolute atomic E-state index is 12.6. The van der Waals surface area contributed by atoms with Crippen LogP contribution >= 0.6 is 0 Å². The predicted octanol–water partition coefficient (Wildman–Crippen LogP) is 3.89. The van der Waals surface area contributed by atoms with Gasteiger partial charge in [0, 0.05) is 12.2 Å². The summed E-state index contributed by atoms with van der Waals surface area (Å²) in [6.07, 6.45) is 0. The van der Waals surface area contributed by atoms with E-state index in [0.29, 0.717) is 12.2 Å². The van der Waals surface area contributed by atoms with Gasteiger partial charge in [0.1, 0.15) is 5.41 Å². The van der Waals surface area contributed by atoms with Gasteiger partial charge in [-0.3, -0.25) is 9.59 Å². The average molecular weight is 338 g/mol. The number of hydrogen-bond acceptors (Lipinski definition) is 2. The number of benzene rings is 2. The SMILES string of the molecule is Cc1cccc(CNC(=O)C(C)(C)C(=O)Nc2cc(C)cc(C)c2)c1. The van der Waals surface area contributed by atoms with Crippen molar-refractivity contribution in [1.82, 2.24) is 5.32 Å². The molecule has 2 aromatic carbocycles. The first-order valence-electron chi connectivity index (χ1n) is 8.42. The van der Waals surface area contributed by atoms with E-state index in [2.05, 4.69) is 10.6 Å². The van der Waals surface area contributed by atoms with E-state index in [1.54, 1.807) is 13.8 Å². The Balaban J connectivity index is 2.02. The molecule has 2 amide bonds. The summed E-state index contributed by atoms with van der Waals surface area (Å²) in [4.78, 5) is 25.1. The van der Waals surface area contributed by atoms with Crippen LogP contribution in [-0.2, 0) is 16.1 Å². The lowest BCUT2D eigenvalue weighted by atomic mass is 9.90. The zero-order chi connectivity index (χ0) is 18.6. The van der Waals surface area contributed by atoms with Crippen molar-refractivity contribution in [1.29, 1.82) is 0 Å². The van der Waals surface area contributed by atoms with Gasteiger partial charge in [-0.25, -0.2) is 0 Å². The predicted molar refractivity (Wildman–Crippen MR) is 101 cm³/mol. The molecule has 0 aliphatic carbocycles. The maximum atomic E-state index is 12.6. The lowest BCUT2D eigenvalue weighted by Gasteiger charge is -2.23. The largest absolute Gasteiger partial charge is 0.351 e. The summed E-state index contributed by atoms with van der Waals surface area (Å²) in [5, 5.41) is 5.71. The Morgan fingerprint density at radius 3 is 2.12 bits per heavy atom. The summed E-state index contributed by atoms with van der Waals surface area (Å²) in [5.41, 5.74) is 3.83. The number of hydrogen-bond donors (Lipinski definition) is 2. The average Bonchev–Trinajstić information content (AvgIpc) is 2.51. The minimum atomic E-state index is -1.17. The number of nitrogens with one attached hydrogen (secondary N) is 2. The minimum absolute atomic E-state index is 0.295. The second-order valence-corrected chi connectivity index (χ2v) is 7.13. The van der Waals surface area contributed by atoms with Gasteiger partial charge in [-0.15, -0.1) is 0 Å². The van der Waals surface area contributed by atoms with Crippen LogP contribution in [0, 0.1) is 26.2 Å². The normalized spacial score (nSPS) is 11.1. The summed E-state index contributed by atoms with van der Waals surface area (Å²) >= 11 is 0. The lowest BCUT2D eigenvalue weighted by Crippen LogP contribution is -2.44. The summed E-state index contributed by atoms with van der Waals surface area (Å²) in [5.74, 6) is -0.616. The monoisotopic (exact) mass is 338 g/mol. The van der Waals surface area contributed by atoms with Gasteiger partial charge >= 0.3 is 0 Å². The topological polar surface area (TPSA) is 58.2 Å². The van der Waals surface area contributed by atoms with Crippen molar-refractivity contribution in [2.24, 2.45) is 5.41 Å². The van der Waals surface area contributed by atoms with Gasteiger partial charge in [0.05, 0.1) is 0 Å². The highest BCUT2D eigenvalue weighted by Gasteiger charge is 2.36. The van der Waals surface area contributed by atoms with Crippen molar-refractivity contribution >= 4 is 17.5 Å². The summed E-state index contributed by atoms with van der Waals surface area (Å²) in [6.45, 7) is 9.63. The van der Waals surface area contributed by atoms with Crippen LogP contribution in [0.25, 0.3) is 0 Å². The molecule has 25 heavy (non-hydrogen) atoms. The molecule has 0 unspecified atom stereocenters. The third kappa shape index (κ3) is 4.92. The molecule has 0 fully saturated rings. The fourth-order valence-electron chi connectivity index (χ4n) is 2.66. The van der Waals surface area contributed by atoms with E-state index in [1.807, 2.05) is 63.2 Å². The third-order valence-corrected chi connectivity index (χ3v) is 4.15. The fourth-order valence-corrected chi connectivity index (χ4v) is 2.66. The van der Waals surface area contributed by atoms with Crippen LogP contribution in [-0.4, -0.2) is 11.8 Å². The zero-order valence-electron chi connectivity index (χ0n) is 15.6. The van der Waals surface area contributed by atoms with Gasteiger partial charge in [0.15, 0.2) is 0 Å². The molecule has 0 radical (unpaired) electrons. The van der Waals surface area contributed by atoms with E-state index in [-0.39, 0.29) is 11.8 Å². The fraction of sp³-hybridized carbons (Fsp3) is 0.333. The summed E-state index contributed by atoms with van der Waals surface area (Å²) < 4.78 is 0. The van der Waals surface area contributed by atoms with Gasteiger partial charge in [-0.2, -0.15) is 0 Å². The van der Waals surface area contributed by atoms with Crippen molar-refractivity contribution in [3.05, 3.63) is 64.7 Å². The van der Waals surface area contributed by atoms with Crippen LogP contribution in [0.15, 0.2) is 42.5 Å². The molecule has 0 spiro atoms. The van der Waals surface area contributed by atoms with Crippen LogP contribution in [0.3, 0.4) is 0 Å². The number of rotatable bonds is 5. The second-order valence-electron chi connectivity index (χ2n) is 7.13. The molecule has 4 nitrogen and oxygen atoms in total. The molecule has 132 valence electrons. The van der Waals surface area contributed by atoms with E-state index < -0.39 is 5.41 Å². The van der Waals surface area contributed by atoms with E-state index >= 15 is 0 Å². The Labute approximate surface area is 149 Å². The van der Waals surface area contributed by atoms with Crippen LogP contribution in [0.4, 0.5) is 5.69 Å². The molecule has 0 atom stereocenters. The van der Waals surface area contributed by atoms with Gasteiger partial charge in [-0.05, 0) is 63.4 Å². The smallest absolute Gasteiger partial charge is 0.239 e. The Morgan fingerprint density at radius 1 is 0.880 bits per heavy atom. The molecule has 0 heterocycles. The Morgan fingerprint density at radius 2 is 1.52 bits per heavy atom. The van der Waals surface area contributed by atoms with Gasteiger partial charge in [0.2, 0.25) is 11.8 Å². The maximum Gasteiger partial charge on any atom is 0.239 e. The number of carbonyl (C=O) groups is 2. The Hall–Kier alpha value is -2.62. The Bertz CT molecular complexity index is 774. The van der Waals surface area contributed by atoms with Crippen LogP contribution in [0.5, 0.6) is 0 Å². The van der Waals surface area contributed by atoms with Crippen molar-refractivity contribution in [2.45, 2.75) is 41.2 Å². The second kappa shape index (κ2) is 7.51. The molecule has 0 aliphatic rings. The zero-order valence-corrected chi connectivity index (χ0v) is 15.6. The first kappa shape index (κ1) is 18.7. The third-order valence-electron chi connectivity index (χ3n) is 4.15. The molecule has 0 aromatic heterocycles. The van der Waals surface area contributed by atoms with Crippen molar-refractivity contribution in [3.8, 4) is 0 Å². The minimum Gasteiger partial charge on any atom is -0.351 e. The molecule has 4 heteroatoms. The standard InChI is InChI=1S/C21H26N2O2/c1-14-7-6-8-17(10-14)13-22-19(24)21(4,5)20(25)23-18-11-15(2)9-16(3)12-18/h6-12H,13H2,1-5H3,(H,22,24)(H,23,25). The molecule has 0 saturated heterocycles. The molecular formula is C21H26N2O2. The van der Waals surface area contributed by atoms with E-state index in [1.165, 1.54) is 0 Å². The number of anilines is 1. The van der Waals surface area contributed by atoms with E-state index in [0.717, 1.165) is 22.3 Å². The van der Waals surface area contributed by atoms with Crippen LogP contribution in [0.1, 0.15) is 36.1 Å². The van der Waals surface area contributed by atoms with E-state index in [9.17, 15) is 9.59 Å². The van der Waals surface area contributed by atoms with E-state index in [4.69, 9.17) is 0 Å². The van der Waals surface area contributed by atoms with Crippen LogP contribution < -0.4 is 10.6 Å². The number of carbonyl (C=O) groups excluding carboxylic acids is 2. The van der Waals surface area contributed by atoms with Gasteiger partial charge in [0.25, 0.3) is 0 Å². The highest BCUT2D eigenvalue weighted by molar-refractivity contribution is 6.09. The highest BCUT2D eigenvalue weighted by Crippen LogP contribution is 2.21. The van der Waals surface area contributed by atoms with Crippen molar-refractivity contribution in [2.75, 3.05) is 5.32 Å². The quantitative estimate of drug-likeness (QED) is 0.813. The summed E-state index contributed by atoms with van der Waals surface area (Å²) in [7, 11) is 0. The molecule has 2 aromatic rings. The van der Waals surface area contributed by atoms with Crippen molar-refractivity contribution < 1.29 is 9.59 Å². The summed E-state index contributed by atoms with van der Waals surface area (Å²) in [6, 6.07) is 13.8. The highest BCUT2D eigenvalue weighted by atomic mass is 16.2. The first-order valence-corrected chi connectivity index (χ1v) is 8.42. The molecule has 0 bridgehead atoms. The van der Waals surface area contributed by atoms with Crippen molar-refractivity contribution in [3.63, 3.8) is 0 Å². The van der Waals surface area contributed by atoms with Gasteiger partial charge in [-0.1, -0.05) is 35.9 Å². The molecule has 0 saturated carbocycles. The molecular weight excluding hydrogens is 312 g/mol. The number of amides is 2. The number of aryl methyl sites for hydroxylation is 3. The Kier molecular flexibility index (Phi) is 5.62. The van der Waals surface area contributed by atoms with Gasteiger partial charge < -0.3 is 10.6 Å². The first-order chi connectivity index (χ1) is 11.7. The molecule has 2 N–H and O–H groups in total. The molecule has 2 rings (SSSR count). The molecule has 0 aliphatic heterocycles. The van der Waals surface area contributed by atoms with Crippen LogP contribution in [0.2, 0.25) is 0 Å².